The summed E-state index contributed by atoms with van der Waals surface area (Å²) >= 11 is 0. The zero-order chi connectivity index (χ0) is 24.4. The molecule has 3 heterocycles. The first-order valence-electron chi connectivity index (χ1n) is 12.9. The molecule has 3 saturated heterocycles. The lowest BCUT2D eigenvalue weighted by Crippen LogP contribution is -2.64. The Balaban J connectivity index is 1.48. The number of nitrogens with one attached hydrogen (secondary N) is 1. The van der Waals surface area contributed by atoms with Crippen molar-refractivity contribution in [1.29, 1.82) is 0 Å². The van der Waals surface area contributed by atoms with E-state index in [1.807, 2.05) is 26.0 Å². The first-order valence-corrected chi connectivity index (χ1v) is 12.9. The highest BCUT2D eigenvalue weighted by Crippen LogP contribution is 2.42. The Morgan fingerprint density at radius 3 is 2.09 bits per heavy atom. The van der Waals surface area contributed by atoms with E-state index < -0.39 is 5.60 Å². The van der Waals surface area contributed by atoms with Gasteiger partial charge in [-0.3, -0.25) is 4.90 Å². The van der Waals surface area contributed by atoms with Gasteiger partial charge in [0.15, 0.2) is 0 Å². The predicted molar refractivity (Wildman–Crippen MR) is 142 cm³/mol. The largest absolute Gasteiger partial charge is 0.496 e. The Morgan fingerprint density at radius 1 is 0.943 bits per heavy atom. The Hall–Kier alpha value is -2.66. The van der Waals surface area contributed by atoms with Gasteiger partial charge in [-0.2, -0.15) is 0 Å². The minimum atomic E-state index is -0.884. The molecule has 2 N–H and O–H groups in total. The van der Waals surface area contributed by atoms with Crippen molar-refractivity contribution in [2.45, 2.75) is 56.8 Å². The van der Waals surface area contributed by atoms with Crippen molar-refractivity contribution in [2.75, 3.05) is 20.2 Å². The third-order valence-electron chi connectivity index (χ3n) is 8.05. The van der Waals surface area contributed by atoms with Crippen LogP contribution in [0, 0.1) is 5.92 Å². The highest BCUT2D eigenvalue weighted by atomic mass is 16.5. The van der Waals surface area contributed by atoms with E-state index in [4.69, 9.17) is 4.74 Å². The second kappa shape index (κ2) is 10.1. The summed E-state index contributed by atoms with van der Waals surface area (Å²) in [7, 11) is 1.72. The van der Waals surface area contributed by atoms with Crippen LogP contribution in [0.3, 0.4) is 0 Å². The number of hydrogen-bond donors (Lipinski definition) is 2. The van der Waals surface area contributed by atoms with Gasteiger partial charge in [-0.25, -0.2) is 0 Å². The van der Waals surface area contributed by atoms with Crippen molar-refractivity contribution < 1.29 is 9.84 Å². The molecule has 3 aromatic rings. The molecule has 4 nitrogen and oxygen atoms in total. The van der Waals surface area contributed by atoms with Crippen LogP contribution >= 0.6 is 0 Å². The number of hydrogen-bond acceptors (Lipinski definition) is 4. The van der Waals surface area contributed by atoms with E-state index in [-0.39, 0.29) is 0 Å². The second-order valence-electron chi connectivity index (χ2n) is 10.7. The molecule has 2 bridgehead atoms. The normalized spacial score (nSPS) is 24.0. The first-order chi connectivity index (χ1) is 17.0. The molecule has 3 aromatic carbocycles. The van der Waals surface area contributed by atoms with Crippen LogP contribution in [0.5, 0.6) is 5.75 Å². The van der Waals surface area contributed by atoms with Crippen LogP contribution in [0.25, 0.3) is 0 Å². The number of aliphatic hydroxyl groups is 1. The molecule has 4 heteroatoms. The van der Waals surface area contributed by atoms with Gasteiger partial charge in [0.05, 0.1) is 12.7 Å². The third-order valence-corrected chi connectivity index (χ3v) is 8.05. The summed E-state index contributed by atoms with van der Waals surface area (Å²) in [6.45, 7) is 6.72. The molecule has 0 amide bonds. The van der Waals surface area contributed by atoms with Crippen molar-refractivity contribution in [2.24, 2.45) is 5.92 Å². The van der Waals surface area contributed by atoms with Crippen LogP contribution in [-0.2, 0) is 12.1 Å². The maximum Gasteiger partial charge on any atom is 0.123 e. The van der Waals surface area contributed by atoms with Gasteiger partial charge in [0.2, 0.25) is 0 Å². The lowest BCUT2D eigenvalue weighted by molar-refractivity contribution is 0.00460. The van der Waals surface area contributed by atoms with Gasteiger partial charge in [0, 0.05) is 30.1 Å². The lowest BCUT2D eigenvalue weighted by atomic mass is 9.70. The molecule has 0 radical (unpaired) electrons. The van der Waals surface area contributed by atoms with E-state index in [1.54, 1.807) is 7.11 Å². The van der Waals surface area contributed by atoms with E-state index in [9.17, 15) is 5.11 Å². The predicted octanol–water partition coefficient (Wildman–Crippen LogP) is 5.31. The molecule has 0 aromatic heterocycles. The molecule has 0 aliphatic carbocycles. The average molecular weight is 471 g/mol. The number of piperidine rings is 3. The van der Waals surface area contributed by atoms with Crippen LogP contribution in [0.1, 0.15) is 54.9 Å². The second-order valence-corrected chi connectivity index (χ2v) is 10.7. The molecule has 35 heavy (non-hydrogen) atoms. The monoisotopic (exact) mass is 470 g/mol. The third kappa shape index (κ3) is 5.02. The van der Waals surface area contributed by atoms with Gasteiger partial charge in [-0.1, -0.05) is 66.7 Å². The van der Waals surface area contributed by atoms with E-state index >= 15 is 0 Å². The zero-order valence-electron chi connectivity index (χ0n) is 21.2. The number of benzene rings is 3. The minimum Gasteiger partial charge on any atom is -0.496 e. The van der Waals surface area contributed by atoms with Crippen molar-refractivity contribution in [3.05, 3.63) is 101 Å². The quantitative estimate of drug-likeness (QED) is 0.469. The van der Waals surface area contributed by atoms with E-state index in [0.29, 0.717) is 23.9 Å². The van der Waals surface area contributed by atoms with E-state index in [1.165, 1.54) is 37.1 Å². The van der Waals surface area contributed by atoms with Gasteiger partial charge in [0.25, 0.3) is 0 Å². The van der Waals surface area contributed by atoms with Crippen LogP contribution in [0.15, 0.2) is 78.9 Å². The summed E-state index contributed by atoms with van der Waals surface area (Å²) < 4.78 is 5.70. The smallest absolute Gasteiger partial charge is 0.123 e. The van der Waals surface area contributed by atoms with E-state index in [0.717, 1.165) is 23.4 Å². The molecule has 0 saturated carbocycles. The molecule has 6 rings (SSSR count). The summed E-state index contributed by atoms with van der Waals surface area (Å²) in [6, 6.07) is 28.8. The SMILES string of the molecule is COc1ccc(C(C)(C)O)cc1CN[C@@H]1C2CCN(CC2)[C@@H]1C(c1ccccc1)c1ccccc1. The molecule has 2 atom stereocenters. The fourth-order valence-electron chi connectivity index (χ4n) is 6.22. The molecule has 3 aliphatic heterocycles. The lowest BCUT2D eigenvalue weighted by Gasteiger charge is -2.54. The van der Waals surface area contributed by atoms with Crippen molar-refractivity contribution >= 4 is 0 Å². The van der Waals surface area contributed by atoms with Gasteiger partial charge >= 0.3 is 0 Å². The molecule has 184 valence electrons. The van der Waals surface area contributed by atoms with Crippen LogP contribution in [0.2, 0.25) is 0 Å². The molecule has 3 aliphatic rings. The van der Waals surface area contributed by atoms with Gasteiger partial charge in [-0.15, -0.1) is 0 Å². The highest BCUT2D eigenvalue weighted by molar-refractivity contribution is 5.40. The first kappa shape index (κ1) is 24.1. The fourth-order valence-corrected chi connectivity index (χ4v) is 6.22. The number of methoxy groups -OCH3 is 1. The number of rotatable bonds is 8. The Kier molecular flexibility index (Phi) is 6.97. The Labute approximate surface area is 209 Å². The minimum absolute atomic E-state index is 0.308. The summed E-state index contributed by atoms with van der Waals surface area (Å²) in [5, 5.41) is 14.6. The molecular weight excluding hydrogens is 432 g/mol. The van der Waals surface area contributed by atoms with Crippen molar-refractivity contribution in [1.82, 2.24) is 10.2 Å². The van der Waals surface area contributed by atoms with Crippen LogP contribution in [-0.4, -0.2) is 42.3 Å². The van der Waals surface area contributed by atoms with Crippen LogP contribution in [0.4, 0.5) is 0 Å². The molecule has 3 fully saturated rings. The maximum atomic E-state index is 10.6. The van der Waals surface area contributed by atoms with E-state index in [2.05, 4.69) is 76.9 Å². The standard InChI is InChI=1S/C31H38N2O2/c1-31(2,34)26-14-15-27(35-3)25(20-26)21-32-29-24-16-18-33(19-17-24)30(29)28(22-10-6-4-7-11-22)23-12-8-5-9-13-23/h4-15,20,24,28-30,32,34H,16-19,21H2,1-3H3/t29-,30-/m1/s1. The summed E-state index contributed by atoms with van der Waals surface area (Å²) in [5.74, 6) is 1.83. The number of ether oxygens (including phenoxy) is 1. The fraction of sp³-hybridized carbons (Fsp3) is 0.419. The average Bonchev–Trinajstić information content (AvgIpc) is 2.89. The van der Waals surface area contributed by atoms with Crippen molar-refractivity contribution in [3.8, 4) is 5.75 Å². The Bertz CT molecular complexity index is 1060. The van der Waals surface area contributed by atoms with Gasteiger partial charge in [-0.05, 0) is 74.5 Å². The van der Waals surface area contributed by atoms with Gasteiger partial charge < -0.3 is 15.2 Å². The maximum absolute atomic E-state index is 10.6. The zero-order valence-corrected chi connectivity index (χ0v) is 21.2. The van der Waals surface area contributed by atoms with Gasteiger partial charge in [0.1, 0.15) is 5.75 Å². The highest BCUT2D eigenvalue weighted by Gasteiger charge is 2.46. The molecule has 0 spiro atoms. The summed E-state index contributed by atoms with van der Waals surface area (Å²) in [5.41, 5.74) is 3.88. The molecule has 0 unspecified atom stereocenters. The number of fused-ring (bicyclic) bond motifs is 3. The summed E-state index contributed by atoms with van der Waals surface area (Å²) in [6.07, 6.45) is 2.48. The summed E-state index contributed by atoms with van der Waals surface area (Å²) in [4.78, 5) is 2.72. The Morgan fingerprint density at radius 2 is 1.54 bits per heavy atom. The van der Waals surface area contributed by atoms with Crippen LogP contribution < -0.4 is 10.1 Å². The topological polar surface area (TPSA) is 44.7 Å². The number of nitrogens with zero attached hydrogens (tertiary/aromatic N) is 1. The van der Waals surface area contributed by atoms with Crippen molar-refractivity contribution in [3.63, 3.8) is 0 Å². The molecular formula is C31H38N2O2.